The summed E-state index contributed by atoms with van der Waals surface area (Å²) in [7, 11) is -3.95. The minimum absolute atomic E-state index is 0.105. The Hall–Kier alpha value is -2.10. The number of carbonyl (C=O) groups excluding carboxylic acids is 1. The Bertz CT molecular complexity index is 946. The number of rotatable bonds is 4. The molecule has 0 aliphatic carbocycles. The Labute approximate surface area is 160 Å². The molecule has 0 radical (unpaired) electrons. The van der Waals surface area contributed by atoms with Crippen molar-refractivity contribution in [3.8, 4) is 0 Å². The Morgan fingerprint density at radius 2 is 1.85 bits per heavy atom. The monoisotopic (exact) mass is 415 g/mol. The molecule has 27 heavy (non-hydrogen) atoms. The molecule has 1 aromatic heterocycles. The van der Waals surface area contributed by atoms with E-state index in [2.05, 4.69) is 10.3 Å². The number of piperidine rings is 1. The van der Waals surface area contributed by atoms with Gasteiger partial charge in [-0.1, -0.05) is 11.6 Å². The number of pyridine rings is 1. The van der Waals surface area contributed by atoms with E-state index in [1.54, 1.807) is 12.1 Å². The van der Waals surface area contributed by atoms with E-state index in [4.69, 9.17) is 11.6 Å². The highest BCUT2D eigenvalue weighted by molar-refractivity contribution is 7.89. The predicted molar refractivity (Wildman–Crippen MR) is 95.7 cm³/mol. The number of aromatic nitrogens is 1. The van der Waals surface area contributed by atoms with Crippen LogP contribution in [0, 0.1) is 17.6 Å². The molecule has 0 unspecified atom stereocenters. The van der Waals surface area contributed by atoms with Gasteiger partial charge < -0.3 is 5.32 Å². The molecule has 3 rings (SSSR count). The third kappa shape index (κ3) is 4.42. The van der Waals surface area contributed by atoms with Crippen LogP contribution in [0.15, 0.2) is 41.4 Å². The van der Waals surface area contributed by atoms with Crippen LogP contribution in [-0.4, -0.2) is 36.7 Å². The first-order valence-corrected chi connectivity index (χ1v) is 9.97. The molecule has 1 aliphatic rings. The highest BCUT2D eigenvalue weighted by Gasteiger charge is 2.32. The van der Waals surface area contributed by atoms with Crippen molar-refractivity contribution in [2.75, 3.05) is 18.4 Å². The number of hydrogen-bond acceptors (Lipinski definition) is 4. The number of halogens is 3. The van der Waals surface area contributed by atoms with Crippen molar-refractivity contribution in [3.05, 3.63) is 53.2 Å². The number of sulfonamides is 1. The second-order valence-electron chi connectivity index (χ2n) is 6.11. The van der Waals surface area contributed by atoms with Crippen LogP contribution >= 0.6 is 11.6 Å². The summed E-state index contributed by atoms with van der Waals surface area (Å²) in [5.74, 6) is -2.60. The summed E-state index contributed by atoms with van der Waals surface area (Å²) in [6, 6.07) is 5.64. The molecule has 1 saturated heterocycles. The quantitative estimate of drug-likeness (QED) is 0.832. The molecule has 1 aliphatic heterocycles. The zero-order chi connectivity index (χ0) is 19.6. The Balaban J connectivity index is 1.63. The minimum atomic E-state index is -3.95. The lowest BCUT2D eigenvalue weighted by Crippen LogP contribution is -2.41. The normalized spacial score (nSPS) is 16.3. The lowest BCUT2D eigenvalue weighted by Gasteiger charge is -2.30. The van der Waals surface area contributed by atoms with Crippen LogP contribution in [0.2, 0.25) is 5.02 Å². The van der Waals surface area contributed by atoms with Gasteiger partial charge in [0.15, 0.2) is 11.6 Å². The lowest BCUT2D eigenvalue weighted by molar-refractivity contribution is -0.120. The molecular formula is C17H16ClF2N3O3S. The van der Waals surface area contributed by atoms with E-state index in [9.17, 15) is 22.0 Å². The highest BCUT2D eigenvalue weighted by atomic mass is 35.5. The Morgan fingerprint density at radius 3 is 2.44 bits per heavy atom. The topological polar surface area (TPSA) is 79.4 Å². The molecule has 10 heteroatoms. The van der Waals surface area contributed by atoms with Gasteiger partial charge in [0.05, 0.1) is 9.92 Å². The summed E-state index contributed by atoms with van der Waals surface area (Å²) in [5, 5.41) is 3.12. The number of carbonyl (C=O) groups is 1. The average molecular weight is 416 g/mol. The van der Waals surface area contributed by atoms with Crippen LogP contribution < -0.4 is 5.32 Å². The van der Waals surface area contributed by atoms with Gasteiger partial charge in [0, 0.05) is 25.2 Å². The smallest absolute Gasteiger partial charge is 0.243 e. The summed E-state index contributed by atoms with van der Waals surface area (Å²) >= 11 is 5.74. The van der Waals surface area contributed by atoms with E-state index in [0.717, 1.165) is 12.1 Å². The minimum Gasteiger partial charge on any atom is -0.310 e. The first kappa shape index (κ1) is 19.7. The number of hydrogen-bond donors (Lipinski definition) is 1. The predicted octanol–water partition coefficient (Wildman–Crippen LogP) is 3.05. The fraction of sp³-hybridized carbons (Fsp3) is 0.294. The van der Waals surface area contributed by atoms with Gasteiger partial charge in [0.1, 0.15) is 5.82 Å². The van der Waals surface area contributed by atoms with Crippen LogP contribution in [0.3, 0.4) is 0 Å². The molecule has 0 spiro atoms. The van der Waals surface area contributed by atoms with Gasteiger partial charge in [0.2, 0.25) is 15.9 Å². The molecular weight excluding hydrogens is 400 g/mol. The van der Waals surface area contributed by atoms with Crippen molar-refractivity contribution in [1.82, 2.24) is 9.29 Å². The average Bonchev–Trinajstić information content (AvgIpc) is 2.66. The van der Waals surface area contributed by atoms with Gasteiger partial charge in [-0.3, -0.25) is 4.79 Å². The summed E-state index contributed by atoms with van der Waals surface area (Å²) in [5.41, 5.74) is 0. The van der Waals surface area contributed by atoms with E-state index in [-0.39, 0.29) is 29.8 Å². The first-order valence-electron chi connectivity index (χ1n) is 8.15. The molecule has 0 atom stereocenters. The standard InChI is InChI=1S/C17H16ClF2N3O3S/c18-12-1-4-16(21-10-12)22-17(24)11-5-7-23(8-6-11)27(25,26)13-2-3-14(19)15(20)9-13/h1-4,9-11H,5-8H2,(H,21,22,24). The van der Waals surface area contributed by atoms with Crippen molar-refractivity contribution in [1.29, 1.82) is 0 Å². The molecule has 1 N–H and O–H groups in total. The SMILES string of the molecule is O=C(Nc1ccc(Cl)cn1)C1CCN(S(=O)(=O)c2ccc(F)c(F)c2)CC1. The zero-order valence-corrected chi connectivity index (χ0v) is 15.6. The zero-order valence-electron chi connectivity index (χ0n) is 14.0. The first-order chi connectivity index (χ1) is 12.8. The molecule has 2 aromatic rings. The number of anilines is 1. The number of amides is 1. The van der Waals surface area contributed by atoms with E-state index < -0.39 is 21.7 Å². The van der Waals surface area contributed by atoms with Gasteiger partial charge >= 0.3 is 0 Å². The maximum absolute atomic E-state index is 13.4. The molecule has 0 saturated carbocycles. The molecule has 1 amide bonds. The number of benzene rings is 1. The summed E-state index contributed by atoms with van der Waals surface area (Å²) in [4.78, 5) is 16.0. The summed E-state index contributed by atoms with van der Waals surface area (Å²) < 4.78 is 52.7. The molecule has 144 valence electrons. The molecule has 1 aromatic carbocycles. The second-order valence-corrected chi connectivity index (χ2v) is 8.48. The van der Waals surface area contributed by atoms with Gasteiger partial charge in [0.25, 0.3) is 0 Å². The maximum atomic E-state index is 13.4. The lowest BCUT2D eigenvalue weighted by atomic mass is 9.97. The number of nitrogens with zero attached hydrogens (tertiary/aromatic N) is 2. The van der Waals surface area contributed by atoms with Crippen molar-refractivity contribution in [2.24, 2.45) is 5.92 Å². The molecule has 6 nitrogen and oxygen atoms in total. The van der Waals surface area contributed by atoms with Gasteiger partial charge in [-0.25, -0.2) is 22.2 Å². The number of nitrogens with one attached hydrogen (secondary N) is 1. The second kappa shape index (κ2) is 7.87. The van der Waals surface area contributed by atoms with Crippen molar-refractivity contribution in [2.45, 2.75) is 17.7 Å². The van der Waals surface area contributed by atoms with Crippen molar-refractivity contribution >= 4 is 33.3 Å². The highest BCUT2D eigenvalue weighted by Crippen LogP contribution is 2.25. The van der Waals surface area contributed by atoms with Crippen LogP contribution in [0.1, 0.15) is 12.8 Å². The van der Waals surface area contributed by atoms with Crippen LogP contribution in [-0.2, 0) is 14.8 Å². The van der Waals surface area contributed by atoms with Crippen LogP contribution in [0.5, 0.6) is 0 Å². The molecule has 2 heterocycles. The van der Waals surface area contributed by atoms with Gasteiger partial charge in [-0.15, -0.1) is 0 Å². The van der Waals surface area contributed by atoms with Crippen molar-refractivity contribution in [3.63, 3.8) is 0 Å². The van der Waals surface area contributed by atoms with E-state index in [1.807, 2.05) is 0 Å². The third-order valence-corrected chi connectivity index (χ3v) is 6.45. The molecule has 1 fully saturated rings. The van der Waals surface area contributed by atoms with Gasteiger partial charge in [-0.05, 0) is 43.2 Å². The Kier molecular flexibility index (Phi) is 5.73. The van der Waals surface area contributed by atoms with Crippen molar-refractivity contribution < 1.29 is 22.0 Å². The van der Waals surface area contributed by atoms with E-state index in [1.165, 1.54) is 10.5 Å². The fourth-order valence-electron chi connectivity index (χ4n) is 2.82. The van der Waals surface area contributed by atoms with E-state index in [0.29, 0.717) is 29.7 Å². The molecule has 0 bridgehead atoms. The Morgan fingerprint density at radius 1 is 1.15 bits per heavy atom. The third-order valence-electron chi connectivity index (χ3n) is 4.33. The van der Waals surface area contributed by atoms with Crippen LogP contribution in [0.4, 0.5) is 14.6 Å². The van der Waals surface area contributed by atoms with Crippen LogP contribution in [0.25, 0.3) is 0 Å². The summed E-state index contributed by atoms with van der Waals surface area (Å²) in [6.45, 7) is 0.209. The fourth-order valence-corrected chi connectivity index (χ4v) is 4.42. The maximum Gasteiger partial charge on any atom is 0.243 e. The largest absolute Gasteiger partial charge is 0.310 e. The van der Waals surface area contributed by atoms with E-state index >= 15 is 0 Å². The van der Waals surface area contributed by atoms with Gasteiger partial charge in [-0.2, -0.15) is 4.31 Å². The summed E-state index contributed by atoms with van der Waals surface area (Å²) in [6.07, 6.45) is 2.03.